The number of pyridine rings is 1. The van der Waals surface area contributed by atoms with Crippen molar-refractivity contribution in [2.24, 2.45) is 0 Å². The van der Waals surface area contributed by atoms with Gasteiger partial charge in [0, 0.05) is 0 Å². The molecule has 0 aliphatic heterocycles. The van der Waals surface area contributed by atoms with Gasteiger partial charge in [-0.25, -0.2) is 22.2 Å². The molecular weight excluding hydrogens is 456 g/mol. The smallest absolute Gasteiger partial charge is 0.260 e. The molecule has 3 N–H and O–H groups in total. The molecule has 2 aromatic heterocycles. The molecule has 13 heteroatoms. The fourth-order valence-electron chi connectivity index (χ4n) is 2.71. The number of anilines is 2. The highest BCUT2D eigenvalue weighted by Gasteiger charge is 2.22. The summed E-state index contributed by atoms with van der Waals surface area (Å²) < 4.78 is 58.4. The lowest BCUT2D eigenvalue weighted by Gasteiger charge is -2.13. The summed E-state index contributed by atoms with van der Waals surface area (Å²) in [6.45, 7) is 0.738. The Morgan fingerprint density at radius 2 is 2.13 bits per heavy atom. The molecule has 0 unspecified atom stereocenters. The van der Waals surface area contributed by atoms with Crippen LogP contribution in [-0.4, -0.2) is 48.5 Å². The van der Waals surface area contributed by atoms with Crippen molar-refractivity contribution < 1.29 is 26.7 Å². The molecule has 0 bridgehead atoms. The van der Waals surface area contributed by atoms with Gasteiger partial charge in [0.15, 0.2) is 11.5 Å². The second-order valence-corrected chi connectivity index (χ2v) is 8.59. The first kappa shape index (κ1) is 22.7. The Bertz CT molecular complexity index is 1220. The number of hydrogen-bond acceptors (Lipinski definition) is 6. The van der Waals surface area contributed by atoms with Gasteiger partial charge in [0.1, 0.15) is 13.3 Å². The van der Waals surface area contributed by atoms with Crippen LogP contribution in [0.5, 0.6) is 5.88 Å². The van der Waals surface area contributed by atoms with Gasteiger partial charge in [-0.2, -0.15) is 0 Å². The third-order valence-corrected chi connectivity index (χ3v) is 5.80. The van der Waals surface area contributed by atoms with E-state index < -0.39 is 39.7 Å². The molecule has 0 fully saturated rings. The Labute approximate surface area is 181 Å². The molecule has 0 spiro atoms. The van der Waals surface area contributed by atoms with Crippen LogP contribution in [0.3, 0.4) is 0 Å². The van der Waals surface area contributed by atoms with Crippen molar-refractivity contribution in [2.45, 2.75) is 13.3 Å². The number of nitrogens with one attached hydrogen (secondary N) is 3. The molecule has 1 aromatic carbocycles. The van der Waals surface area contributed by atoms with Crippen LogP contribution < -0.4 is 14.8 Å². The van der Waals surface area contributed by atoms with Gasteiger partial charge in [0.2, 0.25) is 15.9 Å². The van der Waals surface area contributed by atoms with Crippen molar-refractivity contribution in [1.29, 1.82) is 0 Å². The van der Waals surface area contributed by atoms with Crippen LogP contribution in [0.4, 0.5) is 20.2 Å². The van der Waals surface area contributed by atoms with E-state index in [9.17, 15) is 22.0 Å². The standard InChI is InChI=1S/C18H18ClF2N5O4S/c1-2-7-31(28,29)26-13-4-3-12(19)14(15(13)21)17(27)23-10-8-11-16(22-9-10)24-25-18(11)30-6-5-20/h3-4,8-9,26H,2,5-7H2,1H3,(H,23,27)(H,22,24,25). The lowest BCUT2D eigenvalue weighted by molar-refractivity contribution is 0.102. The molecule has 2 heterocycles. The zero-order valence-corrected chi connectivity index (χ0v) is 17.8. The van der Waals surface area contributed by atoms with Crippen molar-refractivity contribution in [3.8, 4) is 5.88 Å². The predicted molar refractivity (Wildman–Crippen MR) is 112 cm³/mol. The molecule has 31 heavy (non-hydrogen) atoms. The minimum atomic E-state index is -3.78. The van der Waals surface area contributed by atoms with Crippen molar-refractivity contribution in [3.05, 3.63) is 40.8 Å². The summed E-state index contributed by atoms with van der Waals surface area (Å²) >= 11 is 5.99. The predicted octanol–water partition coefficient (Wildman–Crippen LogP) is 3.50. The number of sulfonamides is 1. The van der Waals surface area contributed by atoms with Gasteiger partial charge in [-0.3, -0.25) is 14.6 Å². The number of benzene rings is 1. The third-order valence-electron chi connectivity index (χ3n) is 4.01. The lowest BCUT2D eigenvalue weighted by atomic mass is 10.1. The molecule has 0 aliphatic carbocycles. The number of fused-ring (bicyclic) bond motifs is 1. The molecule has 0 atom stereocenters. The van der Waals surface area contributed by atoms with Crippen LogP contribution in [0, 0.1) is 5.82 Å². The highest BCUT2D eigenvalue weighted by atomic mass is 35.5. The summed E-state index contributed by atoms with van der Waals surface area (Å²) in [7, 11) is -3.78. The van der Waals surface area contributed by atoms with E-state index in [4.69, 9.17) is 16.3 Å². The number of amides is 1. The van der Waals surface area contributed by atoms with Gasteiger partial charge in [-0.15, -0.1) is 5.10 Å². The maximum Gasteiger partial charge on any atom is 0.260 e. The lowest BCUT2D eigenvalue weighted by Crippen LogP contribution is -2.20. The van der Waals surface area contributed by atoms with Gasteiger partial charge in [-0.1, -0.05) is 18.5 Å². The first-order chi connectivity index (χ1) is 14.8. The summed E-state index contributed by atoms with van der Waals surface area (Å²) in [5.74, 6) is -2.16. The first-order valence-corrected chi connectivity index (χ1v) is 11.1. The van der Waals surface area contributed by atoms with Crippen molar-refractivity contribution in [2.75, 3.05) is 29.1 Å². The number of nitrogens with zero attached hydrogens (tertiary/aromatic N) is 2. The number of aromatic nitrogens is 3. The van der Waals surface area contributed by atoms with Crippen LogP contribution >= 0.6 is 11.6 Å². The maximum absolute atomic E-state index is 14.9. The van der Waals surface area contributed by atoms with Crippen LogP contribution in [0.2, 0.25) is 5.02 Å². The van der Waals surface area contributed by atoms with E-state index >= 15 is 0 Å². The molecule has 0 saturated carbocycles. The van der Waals surface area contributed by atoms with Crippen molar-refractivity contribution in [1.82, 2.24) is 15.2 Å². The molecule has 1 amide bonds. The summed E-state index contributed by atoms with van der Waals surface area (Å²) in [5.41, 5.74) is -0.437. The van der Waals surface area contributed by atoms with E-state index in [2.05, 4.69) is 25.2 Å². The second kappa shape index (κ2) is 9.43. The largest absolute Gasteiger partial charge is 0.473 e. The number of aromatic amines is 1. The minimum Gasteiger partial charge on any atom is -0.473 e. The van der Waals surface area contributed by atoms with E-state index in [1.807, 2.05) is 0 Å². The number of H-pyrrole nitrogens is 1. The molecule has 0 radical (unpaired) electrons. The fourth-order valence-corrected chi connectivity index (χ4v) is 4.08. The molecular formula is C18H18ClF2N5O4S. The van der Waals surface area contributed by atoms with Crippen LogP contribution in [0.25, 0.3) is 11.0 Å². The summed E-state index contributed by atoms with van der Waals surface area (Å²) in [6, 6.07) is 3.80. The molecule has 0 saturated heterocycles. The summed E-state index contributed by atoms with van der Waals surface area (Å²) in [6.07, 6.45) is 1.62. The average Bonchev–Trinajstić information content (AvgIpc) is 3.11. The quantitative estimate of drug-likeness (QED) is 0.436. The summed E-state index contributed by atoms with van der Waals surface area (Å²) in [4.78, 5) is 16.7. The van der Waals surface area contributed by atoms with E-state index in [0.717, 1.165) is 6.07 Å². The van der Waals surface area contributed by atoms with Crippen molar-refractivity contribution >= 4 is 49.9 Å². The SMILES string of the molecule is CCCS(=O)(=O)Nc1ccc(Cl)c(C(=O)Nc2cnc3[nH]nc(OCCF)c3c2)c1F. The Balaban J connectivity index is 1.88. The zero-order chi connectivity index (χ0) is 22.6. The number of carbonyl (C=O) groups excluding carboxylic acids is 1. The third kappa shape index (κ3) is 5.20. The number of carbonyl (C=O) groups is 1. The fraction of sp³-hybridized carbons (Fsp3) is 0.278. The average molecular weight is 474 g/mol. The van der Waals surface area contributed by atoms with Crippen LogP contribution in [0.1, 0.15) is 23.7 Å². The van der Waals surface area contributed by atoms with Gasteiger partial charge in [-0.05, 0) is 24.6 Å². The van der Waals surface area contributed by atoms with Crippen LogP contribution in [-0.2, 0) is 10.0 Å². The Morgan fingerprint density at radius 1 is 1.35 bits per heavy atom. The molecule has 0 aliphatic rings. The van der Waals surface area contributed by atoms with Gasteiger partial charge < -0.3 is 10.1 Å². The maximum atomic E-state index is 14.9. The zero-order valence-electron chi connectivity index (χ0n) is 16.2. The van der Waals surface area contributed by atoms with Crippen LogP contribution in [0.15, 0.2) is 24.4 Å². The monoisotopic (exact) mass is 473 g/mol. The van der Waals surface area contributed by atoms with E-state index in [1.165, 1.54) is 18.3 Å². The Morgan fingerprint density at radius 3 is 2.84 bits per heavy atom. The first-order valence-electron chi connectivity index (χ1n) is 9.08. The van der Waals surface area contributed by atoms with Gasteiger partial charge in [0.05, 0.1) is 39.3 Å². The molecule has 166 valence electrons. The second-order valence-electron chi connectivity index (χ2n) is 6.35. The highest BCUT2D eigenvalue weighted by Crippen LogP contribution is 2.29. The van der Waals surface area contributed by atoms with Crippen molar-refractivity contribution in [3.63, 3.8) is 0 Å². The topological polar surface area (TPSA) is 126 Å². The normalized spacial score (nSPS) is 11.5. The molecule has 3 rings (SSSR count). The Hall–Kier alpha value is -2.99. The molecule has 3 aromatic rings. The molecule has 9 nitrogen and oxygen atoms in total. The minimum absolute atomic E-state index is 0.0905. The number of alkyl halides is 1. The highest BCUT2D eigenvalue weighted by molar-refractivity contribution is 7.92. The number of rotatable bonds is 9. The van der Waals surface area contributed by atoms with E-state index in [1.54, 1.807) is 6.92 Å². The van der Waals surface area contributed by atoms with Gasteiger partial charge in [0.25, 0.3) is 5.91 Å². The number of hydrogen-bond donors (Lipinski definition) is 3. The van der Waals surface area contributed by atoms with E-state index in [0.29, 0.717) is 17.5 Å². The van der Waals surface area contributed by atoms with Gasteiger partial charge >= 0.3 is 0 Å². The van der Waals surface area contributed by atoms with E-state index in [-0.39, 0.29) is 28.9 Å². The number of halogens is 3. The Kier molecular flexibility index (Phi) is 6.91. The number of ether oxygens (including phenoxy) is 1. The summed E-state index contributed by atoms with van der Waals surface area (Å²) in [5, 5.41) is 9.07.